The van der Waals surface area contributed by atoms with Gasteiger partial charge in [0.2, 0.25) is 0 Å². The van der Waals surface area contributed by atoms with Crippen molar-refractivity contribution < 1.29 is 9.53 Å². The van der Waals surface area contributed by atoms with Crippen LogP contribution in [0.2, 0.25) is 0 Å². The first-order chi connectivity index (χ1) is 11.8. The molecule has 0 aliphatic rings. The molecule has 0 fully saturated rings. The van der Waals surface area contributed by atoms with Crippen LogP contribution in [0.3, 0.4) is 0 Å². The van der Waals surface area contributed by atoms with Crippen molar-refractivity contribution in [3.05, 3.63) is 60.2 Å². The molecule has 0 bridgehead atoms. The summed E-state index contributed by atoms with van der Waals surface area (Å²) < 4.78 is 5.20. The minimum Gasteiger partial charge on any atom is -0.466 e. The lowest BCUT2D eigenvalue weighted by atomic mass is 9.94. The molecular weight excluding hydrogens is 296 g/mol. The van der Waals surface area contributed by atoms with Gasteiger partial charge in [-0.1, -0.05) is 69.3 Å². The monoisotopic (exact) mass is 322 g/mol. The van der Waals surface area contributed by atoms with E-state index in [2.05, 4.69) is 54.6 Å². The number of esters is 1. The third-order valence-corrected chi connectivity index (χ3v) is 3.93. The van der Waals surface area contributed by atoms with Crippen LogP contribution in [-0.2, 0) is 16.0 Å². The van der Waals surface area contributed by atoms with Crippen LogP contribution in [-0.4, -0.2) is 12.6 Å². The Morgan fingerprint density at radius 1 is 0.917 bits per heavy atom. The average Bonchev–Trinajstić information content (AvgIpc) is 2.65. The van der Waals surface area contributed by atoms with E-state index in [0.717, 1.165) is 6.42 Å². The van der Waals surface area contributed by atoms with Gasteiger partial charge in [-0.05, 0) is 46.0 Å². The molecule has 3 aromatic rings. The molecule has 0 aromatic heterocycles. The lowest BCUT2D eigenvalue weighted by molar-refractivity contribution is -0.143. The molecule has 0 radical (unpaired) electrons. The second-order valence-electron chi connectivity index (χ2n) is 5.52. The highest BCUT2D eigenvalue weighted by molar-refractivity contribution is 6.02. The van der Waals surface area contributed by atoms with Crippen molar-refractivity contribution in [1.82, 2.24) is 0 Å². The first kappa shape index (κ1) is 18.0. The van der Waals surface area contributed by atoms with E-state index in [0.29, 0.717) is 19.4 Å². The maximum Gasteiger partial charge on any atom is 0.306 e. The average molecular weight is 322 g/mol. The number of hydrogen-bond acceptors (Lipinski definition) is 2. The first-order valence-electron chi connectivity index (χ1n) is 8.84. The Bertz CT molecular complexity index is 751. The fourth-order valence-electron chi connectivity index (χ4n) is 2.89. The minimum atomic E-state index is -0.112. The summed E-state index contributed by atoms with van der Waals surface area (Å²) in [6.45, 7) is 6.51. The molecule has 0 unspecified atom stereocenters. The van der Waals surface area contributed by atoms with Gasteiger partial charge in [0.05, 0.1) is 6.61 Å². The van der Waals surface area contributed by atoms with E-state index in [9.17, 15) is 4.79 Å². The fourth-order valence-corrected chi connectivity index (χ4v) is 2.89. The second kappa shape index (κ2) is 9.07. The lowest BCUT2D eigenvalue weighted by Gasteiger charge is -2.11. The number of fused-ring (bicyclic) bond motifs is 2. The van der Waals surface area contributed by atoms with Crippen LogP contribution in [0.4, 0.5) is 0 Å². The Balaban J connectivity index is 0.00000100. The molecule has 24 heavy (non-hydrogen) atoms. The van der Waals surface area contributed by atoms with E-state index >= 15 is 0 Å². The molecule has 0 saturated carbocycles. The standard InChI is InChI=1S/C20H20O2.C2H6/c1-2-13-22-20(21)12-11-19-17-9-5-3-7-15(17)14-16-8-4-6-10-18(16)19;1-2/h3-10,14H,2,11-13H2,1H3;1-2H3. The summed E-state index contributed by atoms with van der Waals surface area (Å²) in [6, 6.07) is 18.9. The number of hydrogen-bond donors (Lipinski definition) is 0. The number of benzene rings is 3. The maximum absolute atomic E-state index is 11.8. The van der Waals surface area contributed by atoms with E-state index in [1.807, 2.05) is 20.8 Å². The third kappa shape index (κ3) is 4.14. The summed E-state index contributed by atoms with van der Waals surface area (Å²) in [5.41, 5.74) is 1.24. The fraction of sp³-hybridized carbons (Fsp3) is 0.318. The topological polar surface area (TPSA) is 26.3 Å². The van der Waals surface area contributed by atoms with Crippen LogP contribution in [0.15, 0.2) is 54.6 Å². The summed E-state index contributed by atoms with van der Waals surface area (Å²) >= 11 is 0. The Kier molecular flexibility index (Phi) is 6.80. The normalized spacial score (nSPS) is 10.3. The van der Waals surface area contributed by atoms with E-state index in [4.69, 9.17) is 4.74 Å². The quantitative estimate of drug-likeness (QED) is 0.431. The van der Waals surface area contributed by atoms with E-state index < -0.39 is 0 Å². The van der Waals surface area contributed by atoms with Gasteiger partial charge in [-0.2, -0.15) is 0 Å². The van der Waals surface area contributed by atoms with Gasteiger partial charge in [0, 0.05) is 6.42 Å². The van der Waals surface area contributed by atoms with Gasteiger partial charge < -0.3 is 4.74 Å². The molecule has 0 aliphatic carbocycles. The second-order valence-corrected chi connectivity index (χ2v) is 5.52. The molecule has 0 saturated heterocycles. The number of carbonyl (C=O) groups is 1. The van der Waals surface area contributed by atoms with Gasteiger partial charge in [0.25, 0.3) is 0 Å². The lowest BCUT2D eigenvalue weighted by Crippen LogP contribution is -2.06. The predicted molar refractivity (Wildman–Crippen MR) is 102 cm³/mol. The van der Waals surface area contributed by atoms with Crippen molar-refractivity contribution in [2.24, 2.45) is 0 Å². The zero-order valence-electron chi connectivity index (χ0n) is 14.8. The molecule has 0 N–H and O–H groups in total. The van der Waals surface area contributed by atoms with Gasteiger partial charge in [-0.15, -0.1) is 0 Å². The van der Waals surface area contributed by atoms with Crippen molar-refractivity contribution in [2.75, 3.05) is 6.61 Å². The van der Waals surface area contributed by atoms with Crippen molar-refractivity contribution in [3.8, 4) is 0 Å². The number of aryl methyl sites for hydroxylation is 1. The molecule has 0 amide bonds. The Hall–Kier alpha value is -2.35. The molecule has 0 spiro atoms. The summed E-state index contributed by atoms with van der Waals surface area (Å²) in [7, 11) is 0. The highest BCUT2D eigenvalue weighted by atomic mass is 16.5. The number of carbonyl (C=O) groups excluding carboxylic acids is 1. The van der Waals surface area contributed by atoms with Gasteiger partial charge in [-0.3, -0.25) is 4.79 Å². The van der Waals surface area contributed by atoms with Crippen molar-refractivity contribution in [1.29, 1.82) is 0 Å². The SMILES string of the molecule is CC.CCCOC(=O)CCc1c2ccccc2cc2ccccc12. The van der Waals surface area contributed by atoms with Crippen molar-refractivity contribution >= 4 is 27.5 Å². The van der Waals surface area contributed by atoms with E-state index in [-0.39, 0.29) is 5.97 Å². The smallest absolute Gasteiger partial charge is 0.306 e. The maximum atomic E-state index is 11.8. The molecule has 126 valence electrons. The Morgan fingerprint density at radius 3 is 2.00 bits per heavy atom. The van der Waals surface area contributed by atoms with Crippen LogP contribution in [0.5, 0.6) is 0 Å². The van der Waals surface area contributed by atoms with Gasteiger partial charge in [0.15, 0.2) is 0 Å². The van der Waals surface area contributed by atoms with Crippen LogP contribution in [0.1, 0.15) is 39.2 Å². The van der Waals surface area contributed by atoms with Crippen molar-refractivity contribution in [2.45, 2.75) is 40.0 Å². The minimum absolute atomic E-state index is 0.112. The summed E-state index contributed by atoms with van der Waals surface area (Å²) in [5, 5.41) is 4.89. The summed E-state index contributed by atoms with van der Waals surface area (Å²) in [4.78, 5) is 11.8. The summed E-state index contributed by atoms with van der Waals surface area (Å²) in [6.07, 6.45) is 2.01. The van der Waals surface area contributed by atoms with Crippen LogP contribution in [0.25, 0.3) is 21.5 Å². The van der Waals surface area contributed by atoms with E-state index in [1.54, 1.807) is 0 Å². The molecule has 3 rings (SSSR count). The van der Waals surface area contributed by atoms with Crippen LogP contribution in [0, 0.1) is 0 Å². The Morgan fingerprint density at radius 2 is 1.46 bits per heavy atom. The predicted octanol–water partition coefficient (Wildman–Crippen LogP) is 5.91. The van der Waals surface area contributed by atoms with Crippen LogP contribution < -0.4 is 0 Å². The highest BCUT2D eigenvalue weighted by Crippen LogP contribution is 2.29. The molecular formula is C22H26O2. The molecule has 0 atom stereocenters. The molecule has 0 aliphatic heterocycles. The van der Waals surface area contributed by atoms with E-state index in [1.165, 1.54) is 27.1 Å². The highest BCUT2D eigenvalue weighted by Gasteiger charge is 2.10. The van der Waals surface area contributed by atoms with Gasteiger partial charge >= 0.3 is 5.97 Å². The van der Waals surface area contributed by atoms with Crippen LogP contribution >= 0.6 is 0 Å². The van der Waals surface area contributed by atoms with Crippen molar-refractivity contribution in [3.63, 3.8) is 0 Å². The number of ether oxygens (including phenoxy) is 1. The zero-order chi connectivity index (χ0) is 17.4. The van der Waals surface area contributed by atoms with Gasteiger partial charge in [0.1, 0.15) is 0 Å². The molecule has 0 heterocycles. The van der Waals surface area contributed by atoms with Gasteiger partial charge in [-0.25, -0.2) is 0 Å². The Labute approximate surface area is 144 Å². The molecule has 2 heteroatoms. The largest absolute Gasteiger partial charge is 0.466 e. The molecule has 3 aromatic carbocycles. The molecule has 2 nitrogen and oxygen atoms in total. The summed E-state index contributed by atoms with van der Waals surface area (Å²) in [5.74, 6) is -0.112. The zero-order valence-corrected chi connectivity index (χ0v) is 14.8. The first-order valence-corrected chi connectivity index (χ1v) is 8.84. The third-order valence-electron chi connectivity index (χ3n) is 3.93. The number of rotatable bonds is 5.